The van der Waals surface area contributed by atoms with E-state index in [4.69, 9.17) is 0 Å². The third-order valence-corrected chi connectivity index (χ3v) is 2.78. The minimum atomic E-state index is 0.926. The highest BCUT2D eigenvalue weighted by Gasteiger charge is 1.96. The van der Waals surface area contributed by atoms with Crippen molar-refractivity contribution in [1.29, 1.82) is 0 Å². The number of thiol groups is 1. The van der Waals surface area contributed by atoms with Crippen LogP contribution in [-0.4, -0.2) is 17.2 Å². The number of aliphatic imine (C=N–C) groups is 1. The quantitative estimate of drug-likeness (QED) is 0.429. The first kappa shape index (κ1) is 9.13. The van der Waals surface area contributed by atoms with Crippen LogP contribution < -0.4 is 0 Å². The fourth-order valence-corrected chi connectivity index (χ4v) is 1.93. The molecule has 1 aromatic carbocycles. The summed E-state index contributed by atoms with van der Waals surface area (Å²) >= 11 is 0.926. The summed E-state index contributed by atoms with van der Waals surface area (Å²) in [5.74, 6) is 0. The van der Waals surface area contributed by atoms with Crippen molar-refractivity contribution in [2.45, 2.75) is 5.03 Å². The summed E-state index contributed by atoms with van der Waals surface area (Å²) < 4.78 is 0. The van der Waals surface area contributed by atoms with Crippen LogP contribution in [0, 0.1) is 0 Å². The Morgan fingerprint density at radius 3 is 3.00 bits per heavy atom. The summed E-state index contributed by atoms with van der Waals surface area (Å²) in [6, 6.07) is 10.2. The van der Waals surface area contributed by atoms with Gasteiger partial charge in [0.2, 0.25) is 0 Å². The van der Waals surface area contributed by atoms with Gasteiger partial charge in [0, 0.05) is 23.8 Å². The van der Waals surface area contributed by atoms with Gasteiger partial charge in [-0.25, -0.2) is 9.98 Å². The molecule has 0 spiro atoms. The third-order valence-electron chi connectivity index (χ3n) is 1.91. The van der Waals surface area contributed by atoms with E-state index in [0.29, 0.717) is 0 Å². The second-order valence-corrected chi connectivity index (χ2v) is 3.64. The summed E-state index contributed by atoms with van der Waals surface area (Å²) in [5, 5.41) is 6.28. The molecule has 0 aliphatic carbocycles. The Kier molecular flexibility index (Phi) is 2.73. The van der Waals surface area contributed by atoms with Crippen molar-refractivity contribution in [2.24, 2.45) is 4.99 Å². The van der Waals surface area contributed by atoms with Gasteiger partial charge in [-0.15, -0.1) is 0 Å². The van der Waals surface area contributed by atoms with Crippen LogP contribution in [0.5, 0.6) is 0 Å². The lowest BCUT2D eigenvalue weighted by Crippen LogP contribution is -1.79. The summed E-state index contributed by atoms with van der Waals surface area (Å²) in [5.41, 5.74) is 0. The highest BCUT2D eigenvalue weighted by molar-refractivity contribution is 7.97. The fraction of sp³-hybridized carbons (Fsp3) is 0.0909. The molecule has 0 atom stereocenters. The van der Waals surface area contributed by atoms with E-state index < -0.39 is 0 Å². The van der Waals surface area contributed by atoms with E-state index in [0.717, 1.165) is 16.4 Å². The van der Waals surface area contributed by atoms with Crippen molar-refractivity contribution >= 4 is 27.3 Å². The molecule has 0 saturated carbocycles. The SMILES string of the molecule is CN=C=[SH]c1nccc2ccccc12. The number of hydrogen-bond donors (Lipinski definition) is 1. The lowest BCUT2D eigenvalue weighted by molar-refractivity contribution is 1.18. The number of nitrogens with zero attached hydrogens (tertiary/aromatic N) is 2. The second kappa shape index (κ2) is 4.18. The minimum Gasteiger partial charge on any atom is -0.249 e. The van der Waals surface area contributed by atoms with E-state index in [1.807, 2.05) is 24.4 Å². The van der Waals surface area contributed by atoms with Crippen LogP contribution in [0.25, 0.3) is 10.8 Å². The molecule has 0 radical (unpaired) electrons. The van der Waals surface area contributed by atoms with Crippen LogP contribution in [-0.2, 0) is 0 Å². The van der Waals surface area contributed by atoms with E-state index in [1.165, 1.54) is 10.8 Å². The number of aromatic nitrogens is 1. The Hall–Kier alpha value is -1.44. The molecule has 1 heterocycles. The predicted molar refractivity (Wildman–Crippen MR) is 62.4 cm³/mol. The zero-order valence-electron chi connectivity index (χ0n) is 7.81. The summed E-state index contributed by atoms with van der Waals surface area (Å²) in [4.78, 5) is 8.14. The van der Waals surface area contributed by atoms with Crippen molar-refractivity contribution < 1.29 is 0 Å². The van der Waals surface area contributed by atoms with Gasteiger partial charge in [0.25, 0.3) is 0 Å². The normalized spacial score (nSPS) is 9.79. The third kappa shape index (κ3) is 1.74. The number of rotatable bonds is 1. The number of pyridine rings is 1. The number of benzene rings is 1. The maximum absolute atomic E-state index is 4.31. The molecule has 70 valence electrons. The zero-order chi connectivity index (χ0) is 9.80. The van der Waals surface area contributed by atoms with Crippen LogP contribution in [0.4, 0.5) is 0 Å². The van der Waals surface area contributed by atoms with Gasteiger partial charge in [-0.2, -0.15) is 0 Å². The van der Waals surface area contributed by atoms with Crippen molar-refractivity contribution in [2.75, 3.05) is 7.05 Å². The lowest BCUT2D eigenvalue weighted by Gasteiger charge is -1.98. The van der Waals surface area contributed by atoms with Gasteiger partial charge in [-0.3, -0.25) is 0 Å². The Labute approximate surface area is 86.3 Å². The van der Waals surface area contributed by atoms with E-state index in [-0.39, 0.29) is 0 Å². The molecule has 0 aliphatic heterocycles. The van der Waals surface area contributed by atoms with Crippen molar-refractivity contribution in [3.8, 4) is 0 Å². The molecular formula is C11H10N2S. The predicted octanol–water partition coefficient (Wildman–Crippen LogP) is 2.59. The molecule has 3 heteroatoms. The van der Waals surface area contributed by atoms with Gasteiger partial charge in [0.1, 0.15) is 5.03 Å². The van der Waals surface area contributed by atoms with Crippen LogP contribution in [0.15, 0.2) is 46.5 Å². The summed E-state index contributed by atoms with van der Waals surface area (Å²) in [6.45, 7) is 0. The summed E-state index contributed by atoms with van der Waals surface area (Å²) in [6.07, 6.45) is 1.82. The van der Waals surface area contributed by atoms with Crippen LogP contribution in [0.1, 0.15) is 0 Å². The molecule has 0 unspecified atom stereocenters. The number of hydrogen-bond acceptors (Lipinski definition) is 2. The highest BCUT2D eigenvalue weighted by atomic mass is 32.1. The standard InChI is InChI=1S/C11H10N2S/c1-12-8-14-11-10-5-3-2-4-9(10)6-7-13-11/h2-7,14H,1H3. The van der Waals surface area contributed by atoms with E-state index in [1.54, 1.807) is 7.05 Å². The topological polar surface area (TPSA) is 25.2 Å². The molecule has 14 heavy (non-hydrogen) atoms. The Bertz CT molecular complexity index is 508. The van der Waals surface area contributed by atoms with Gasteiger partial charge < -0.3 is 0 Å². The molecule has 2 nitrogen and oxygen atoms in total. The van der Waals surface area contributed by atoms with E-state index >= 15 is 0 Å². The van der Waals surface area contributed by atoms with E-state index in [9.17, 15) is 0 Å². The largest absolute Gasteiger partial charge is 0.249 e. The first-order chi connectivity index (χ1) is 6.92. The molecule has 0 bridgehead atoms. The van der Waals surface area contributed by atoms with Gasteiger partial charge in [0.05, 0.1) is 0 Å². The van der Waals surface area contributed by atoms with Crippen molar-refractivity contribution in [1.82, 2.24) is 4.98 Å². The van der Waals surface area contributed by atoms with Crippen LogP contribution >= 0.6 is 11.4 Å². The summed E-state index contributed by atoms with van der Waals surface area (Å²) in [7, 11) is 1.72. The van der Waals surface area contributed by atoms with Crippen LogP contribution in [0.3, 0.4) is 0 Å². The first-order valence-electron chi connectivity index (χ1n) is 4.30. The van der Waals surface area contributed by atoms with Crippen molar-refractivity contribution in [3.63, 3.8) is 0 Å². The molecule has 1 aromatic heterocycles. The molecule has 0 fully saturated rings. The smallest absolute Gasteiger partial charge is 0.104 e. The Morgan fingerprint density at radius 1 is 1.29 bits per heavy atom. The van der Waals surface area contributed by atoms with Crippen molar-refractivity contribution in [3.05, 3.63) is 36.5 Å². The van der Waals surface area contributed by atoms with Gasteiger partial charge in [-0.05, 0) is 11.5 Å². The average molecular weight is 202 g/mol. The molecule has 0 aliphatic rings. The van der Waals surface area contributed by atoms with Gasteiger partial charge in [0.15, 0.2) is 0 Å². The van der Waals surface area contributed by atoms with Gasteiger partial charge >= 0.3 is 0 Å². The minimum absolute atomic E-state index is 0.926. The fourth-order valence-electron chi connectivity index (χ4n) is 1.29. The maximum Gasteiger partial charge on any atom is 0.104 e. The molecule has 2 aromatic rings. The Morgan fingerprint density at radius 2 is 2.14 bits per heavy atom. The highest BCUT2D eigenvalue weighted by Crippen LogP contribution is 2.20. The zero-order valence-corrected chi connectivity index (χ0v) is 8.70. The molecular weight excluding hydrogens is 192 g/mol. The molecule has 0 amide bonds. The maximum atomic E-state index is 4.31. The Balaban J connectivity index is 2.71. The number of isothiocyanates is 1. The van der Waals surface area contributed by atoms with E-state index in [2.05, 4.69) is 27.3 Å². The van der Waals surface area contributed by atoms with Crippen LogP contribution in [0.2, 0.25) is 0 Å². The number of fused-ring (bicyclic) bond motifs is 1. The lowest BCUT2D eigenvalue weighted by atomic mass is 10.2. The molecule has 0 N–H and O–H groups in total. The second-order valence-electron chi connectivity index (χ2n) is 2.79. The van der Waals surface area contributed by atoms with Gasteiger partial charge in [-0.1, -0.05) is 35.6 Å². The first-order valence-corrected chi connectivity index (χ1v) is 5.19. The molecule has 0 saturated heterocycles. The monoisotopic (exact) mass is 202 g/mol. The average Bonchev–Trinajstić information content (AvgIpc) is 2.26. The molecule has 2 rings (SSSR count).